The number of para-hydroxylation sites is 1. The third-order valence-corrected chi connectivity index (χ3v) is 5.16. The zero-order valence-electron chi connectivity index (χ0n) is 16.7. The first kappa shape index (κ1) is 20.0. The molecule has 0 fully saturated rings. The van der Waals surface area contributed by atoms with E-state index < -0.39 is 15.5 Å². The minimum atomic E-state index is -0.674. The first-order valence-corrected chi connectivity index (χ1v) is 9.60. The van der Waals surface area contributed by atoms with Crippen molar-refractivity contribution in [1.29, 1.82) is 0 Å². The largest absolute Gasteiger partial charge is 0.315 e. The molecule has 0 radical (unpaired) electrons. The van der Waals surface area contributed by atoms with E-state index in [1.165, 1.54) is 23.3 Å². The van der Waals surface area contributed by atoms with Gasteiger partial charge in [0.25, 0.3) is 5.69 Å². The van der Waals surface area contributed by atoms with Crippen molar-refractivity contribution in [1.82, 2.24) is 4.57 Å². The van der Waals surface area contributed by atoms with Gasteiger partial charge in [0, 0.05) is 18.0 Å². The summed E-state index contributed by atoms with van der Waals surface area (Å²) >= 11 is 0. The second kappa shape index (κ2) is 8.23. The van der Waals surface area contributed by atoms with Crippen LogP contribution >= 0.6 is 0 Å². The first-order valence-electron chi connectivity index (χ1n) is 9.60. The average molecular weight is 417 g/mol. The van der Waals surface area contributed by atoms with Crippen LogP contribution in [0.25, 0.3) is 5.69 Å². The summed E-state index contributed by atoms with van der Waals surface area (Å²) in [6.45, 7) is 2.10. The lowest BCUT2D eigenvalue weighted by Crippen LogP contribution is -2.04. The third kappa shape index (κ3) is 4.06. The SMILES string of the molecule is CC1=CCc2c(cn(-c3ccccc3)c2/C=N/Nc2ccc([N+](=O)[O-])cc2[N+](=O)[O-])C1. The zero-order chi connectivity index (χ0) is 22.0. The number of allylic oxidation sites excluding steroid dienone is 2. The number of hydrazone groups is 1. The van der Waals surface area contributed by atoms with Gasteiger partial charge >= 0.3 is 5.69 Å². The normalized spacial score (nSPS) is 13.0. The maximum atomic E-state index is 11.3. The molecule has 1 aliphatic rings. The Morgan fingerprint density at radius 2 is 1.87 bits per heavy atom. The number of non-ortho nitro benzene ring substituents is 1. The number of anilines is 1. The summed E-state index contributed by atoms with van der Waals surface area (Å²) in [5.41, 5.74) is 7.52. The van der Waals surface area contributed by atoms with E-state index >= 15 is 0 Å². The van der Waals surface area contributed by atoms with E-state index in [2.05, 4.69) is 29.7 Å². The molecule has 0 amide bonds. The van der Waals surface area contributed by atoms with Crippen LogP contribution in [-0.2, 0) is 12.8 Å². The lowest BCUT2D eigenvalue weighted by molar-refractivity contribution is -0.393. The summed E-state index contributed by atoms with van der Waals surface area (Å²) in [5, 5.41) is 26.5. The van der Waals surface area contributed by atoms with E-state index in [0.29, 0.717) is 0 Å². The van der Waals surface area contributed by atoms with Crippen LogP contribution < -0.4 is 5.43 Å². The number of aromatic nitrogens is 1. The standard InChI is InChI=1S/C22H19N5O4/c1-15-7-9-19-16(11-15)14-25(17-5-3-2-4-6-17)22(19)13-23-24-20-10-8-18(26(28)29)12-21(20)27(30)31/h2-8,10,12-14,24H,9,11H2,1H3/b23-13+. The van der Waals surface area contributed by atoms with Crippen molar-refractivity contribution < 1.29 is 9.85 Å². The predicted molar refractivity (Wildman–Crippen MR) is 118 cm³/mol. The van der Waals surface area contributed by atoms with Gasteiger partial charge in [-0.25, -0.2) is 0 Å². The van der Waals surface area contributed by atoms with Gasteiger partial charge in [-0.05, 0) is 49.1 Å². The Morgan fingerprint density at radius 3 is 2.58 bits per heavy atom. The molecule has 0 spiro atoms. The van der Waals surface area contributed by atoms with Crippen molar-refractivity contribution in [3.63, 3.8) is 0 Å². The number of hydrogen-bond donors (Lipinski definition) is 1. The molecule has 0 aliphatic heterocycles. The van der Waals surface area contributed by atoms with E-state index in [0.717, 1.165) is 35.9 Å². The molecular weight excluding hydrogens is 398 g/mol. The van der Waals surface area contributed by atoms with Crippen LogP contribution in [0.15, 0.2) is 71.5 Å². The van der Waals surface area contributed by atoms with Crippen LogP contribution in [0, 0.1) is 20.2 Å². The number of nitro groups is 2. The molecule has 1 aliphatic carbocycles. The van der Waals surface area contributed by atoms with Crippen molar-refractivity contribution in [2.75, 3.05) is 5.43 Å². The van der Waals surface area contributed by atoms with Gasteiger partial charge in [-0.1, -0.05) is 29.8 Å². The van der Waals surface area contributed by atoms with Crippen molar-refractivity contribution in [3.8, 4) is 5.69 Å². The van der Waals surface area contributed by atoms with Crippen LogP contribution in [0.1, 0.15) is 23.7 Å². The predicted octanol–water partition coefficient (Wildman–Crippen LogP) is 4.78. The fourth-order valence-corrected chi connectivity index (χ4v) is 3.63. The van der Waals surface area contributed by atoms with Gasteiger partial charge in [0.2, 0.25) is 0 Å². The summed E-state index contributed by atoms with van der Waals surface area (Å²) in [7, 11) is 0. The highest BCUT2D eigenvalue weighted by Gasteiger charge is 2.20. The number of nitrogens with one attached hydrogen (secondary N) is 1. The van der Waals surface area contributed by atoms with E-state index in [9.17, 15) is 20.2 Å². The van der Waals surface area contributed by atoms with Gasteiger partial charge in [0.05, 0.1) is 27.8 Å². The molecule has 0 saturated heterocycles. The average Bonchev–Trinajstić information content (AvgIpc) is 3.11. The van der Waals surface area contributed by atoms with Crippen LogP contribution in [0.2, 0.25) is 0 Å². The molecule has 1 aromatic heterocycles. The lowest BCUT2D eigenvalue weighted by Gasteiger charge is -2.11. The number of hydrogen-bond acceptors (Lipinski definition) is 6. The van der Waals surface area contributed by atoms with Crippen LogP contribution in [-0.4, -0.2) is 20.6 Å². The Bertz CT molecular complexity index is 1230. The molecule has 0 unspecified atom stereocenters. The summed E-state index contributed by atoms with van der Waals surface area (Å²) in [4.78, 5) is 20.9. The number of rotatable bonds is 6. The molecule has 156 valence electrons. The molecule has 1 heterocycles. The Morgan fingerprint density at radius 1 is 1.10 bits per heavy atom. The van der Waals surface area contributed by atoms with Crippen molar-refractivity contribution in [2.24, 2.45) is 5.10 Å². The highest BCUT2D eigenvalue weighted by atomic mass is 16.6. The summed E-state index contributed by atoms with van der Waals surface area (Å²) in [6, 6.07) is 13.3. The van der Waals surface area contributed by atoms with Gasteiger partial charge in [0.1, 0.15) is 5.69 Å². The molecule has 0 atom stereocenters. The minimum Gasteiger partial charge on any atom is -0.315 e. The molecule has 3 aromatic rings. The van der Waals surface area contributed by atoms with E-state index in [4.69, 9.17) is 0 Å². The molecule has 9 nitrogen and oxygen atoms in total. The smallest absolute Gasteiger partial charge is 0.301 e. The number of nitrogens with zero attached hydrogens (tertiary/aromatic N) is 4. The van der Waals surface area contributed by atoms with Gasteiger partial charge in [-0.3, -0.25) is 25.7 Å². The second-order valence-corrected chi connectivity index (χ2v) is 7.24. The third-order valence-electron chi connectivity index (χ3n) is 5.16. The van der Waals surface area contributed by atoms with E-state index in [1.54, 1.807) is 6.21 Å². The Kier molecular flexibility index (Phi) is 5.31. The zero-order valence-corrected chi connectivity index (χ0v) is 16.7. The van der Waals surface area contributed by atoms with Crippen molar-refractivity contribution >= 4 is 23.3 Å². The first-order chi connectivity index (χ1) is 14.9. The highest BCUT2D eigenvalue weighted by Crippen LogP contribution is 2.30. The second-order valence-electron chi connectivity index (χ2n) is 7.24. The van der Waals surface area contributed by atoms with Crippen LogP contribution in [0.3, 0.4) is 0 Å². The number of benzene rings is 2. The topological polar surface area (TPSA) is 116 Å². The molecule has 0 bridgehead atoms. The fraction of sp³-hybridized carbons (Fsp3) is 0.136. The minimum absolute atomic E-state index is 0.0780. The van der Waals surface area contributed by atoms with Gasteiger partial charge in [-0.2, -0.15) is 5.10 Å². The Hall–Kier alpha value is -4.27. The van der Waals surface area contributed by atoms with Gasteiger partial charge < -0.3 is 4.57 Å². The molecule has 0 saturated carbocycles. The molecule has 31 heavy (non-hydrogen) atoms. The van der Waals surface area contributed by atoms with Gasteiger partial charge in [0.15, 0.2) is 0 Å². The van der Waals surface area contributed by atoms with Crippen molar-refractivity contribution in [2.45, 2.75) is 19.8 Å². The molecule has 2 aromatic carbocycles. The van der Waals surface area contributed by atoms with E-state index in [-0.39, 0.29) is 11.4 Å². The molecule has 9 heteroatoms. The summed E-state index contributed by atoms with van der Waals surface area (Å²) < 4.78 is 2.05. The fourth-order valence-electron chi connectivity index (χ4n) is 3.63. The molecular formula is C22H19N5O4. The van der Waals surface area contributed by atoms with E-state index in [1.807, 2.05) is 34.9 Å². The lowest BCUT2D eigenvalue weighted by atomic mass is 9.95. The summed E-state index contributed by atoms with van der Waals surface area (Å²) in [5.74, 6) is 0. The van der Waals surface area contributed by atoms with Crippen LogP contribution in [0.4, 0.5) is 17.1 Å². The maximum Gasteiger partial charge on any atom is 0.301 e. The highest BCUT2D eigenvalue weighted by molar-refractivity contribution is 5.83. The number of nitro benzene ring substituents is 2. The quantitative estimate of drug-likeness (QED) is 0.268. The molecule has 1 N–H and O–H groups in total. The van der Waals surface area contributed by atoms with Crippen molar-refractivity contribution in [3.05, 3.63) is 103 Å². The summed E-state index contributed by atoms with van der Waals surface area (Å²) in [6.07, 6.45) is 7.54. The Balaban J connectivity index is 1.69. The maximum absolute atomic E-state index is 11.3. The van der Waals surface area contributed by atoms with Gasteiger partial charge in [-0.15, -0.1) is 0 Å². The molecule has 4 rings (SSSR count). The van der Waals surface area contributed by atoms with Crippen LogP contribution in [0.5, 0.6) is 0 Å². The monoisotopic (exact) mass is 417 g/mol. The number of fused-ring (bicyclic) bond motifs is 1. The Labute approximate surface area is 177 Å².